The second-order valence-corrected chi connectivity index (χ2v) is 5.36. The summed E-state index contributed by atoms with van der Waals surface area (Å²) < 4.78 is 10.7. The predicted octanol–water partition coefficient (Wildman–Crippen LogP) is 1.42. The number of nitrogens with one attached hydrogen (secondary N) is 2. The molecule has 0 saturated heterocycles. The number of amides is 1. The first-order valence-electron chi connectivity index (χ1n) is 7.27. The zero-order valence-electron chi connectivity index (χ0n) is 12.5. The van der Waals surface area contributed by atoms with E-state index in [1.54, 1.807) is 7.11 Å². The van der Waals surface area contributed by atoms with Gasteiger partial charge < -0.3 is 14.8 Å². The van der Waals surface area contributed by atoms with Gasteiger partial charge in [-0.15, -0.1) is 0 Å². The monoisotopic (exact) mass is 301 g/mol. The third kappa shape index (κ3) is 3.28. The third-order valence-electron chi connectivity index (χ3n) is 3.68. The summed E-state index contributed by atoms with van der Waals surface area (Å²) in [6, 6.07) is 9.72. The number of methoxy groups -OCH3 is 1. The minimum atomic E-state index is -0.156. The van der Waals surface area contributed by atoms with Crippen LogP contribution in [0.25, 0.3) is 0 Å². The molecule has 1 aliphatic heterocycles. The molecule has 2 N–H and O–H groups in total. The van der Waals surface area contributed by atoms with Crippen LogP contribution in [0.5, 0.6) is 5.75 Å². The van der Waals surface area contributed by atoms with Gasteiger partial charge in [0.05, 0.1) is 30.5 Å². The van der Waals surface area contributed by atoms with E-state index < -0.39 is 0 Å². The number of benzene rings is 1. The summed E-state index contributed by atoms with van der Waals surface area (Å²) in [5, 5.41) is 9.91. The van der Waals surface area contributed by atoms with E-state index in [9.17, 15) is 4.79 Å². The van der Waals surface area contributed by atoms with Gasteiger partial charge >= 0.3 is 0 Å². The highest BCUT2D eigenvalue weighted by Gasteiger charge is 2.25. The first-order chi connectivity index (χ1) is 10.8. The number of aromatic amines is 1. The number of aromatic nitrogens is 2. The highest BCUT2D eigenvalue weighted by Crippen LogP contribution is 2.26. The maximum atomic E-state index is 12.3. The zero-order chi connectivity index (χ0) is 15.4. The molecule has 2 heterocycles. The summed E-state index contributed by atoms with van der Waals surface area (Å²) in [6.07, 6.45) is 0.708. The van der Waals surface area contributed by atoms with Crippen LogP contribution in [-0.4, -0.2) is 29.8 Å². The van der Waals surface area contributed by atoms with Crippen LogP contribution in [0.1, 0.15) is 17.0 Å². The predicted molar refractivity (Wildman–Crippen MR) is 80.3 cm³/mol. The van der Waals surface area contributed by atoms with Gasteiger partial charge in [-0.2, -0.15) is 5.10 Å². The number of ether oxygens (including phenoxy) is 2. The summed E-state index contributed by atoms with van der Waals surface area (Å²) in [4.78, 5) is 12.3. The topological polar surface area (TPSA) is 76.2 Å². The van der Waals surface area contributed by atoms with Gasteiger partial charge in [0.15, 0.2) is 0 Å². The Morgan fingerprint density at radius 1 is 1.50 bits per heavy atom. The van der Waals surface area contributed by atoms with Crippen molar-refractivity contribution < 1.29 is 14.3 Å². The van der Waals surface area contributed by atoms with E-state index in [1.807, 2.05) is 30.3 Å². The van der Waals surface area contributed by atoms with Crippen LogP contribution in [0, 0.1) is 5.92 Å². The van der Waals surface area contributed by atoms with Gasteiger partial charge in [0.2, 0.25) is 5.91 Å². The van der Waals surface area contributed by atoms with Crippen molar-refractivity contribution in [1.82, 2.24) is 15.5 Å². The fourth-order valence-corrected chi connectivity index (χ4v) is 2.54. The van der Waals surface area contributed by atoms with Crippen LogP contribution >= 0.6 is 0 Å². The molecule has 1 aromatic carbocycles. The van der Waals surface area contributed by atoms with Crippen LogP contribution in [0.2, 0.25) is 0 Å². The molecule has 0 fully saturated rings. The van der Waals surface area contributed by atoms with Crippen molar-refractivity contribution in [2.24, 2.45) is 5.92 Å². The van der Waals surface area contributed by atoms with Crippen LogP contribution < -0.4 is 10.1 Å². The molecule has 1 amide bonds. The van der Waals surface area contributed by atoms with Gasteiger partial charge in [-0.3, -0.25) is 9.89 Å². The minimum Gasteiger partial charge on any atom is -0.492 e. The van der Waals surface area contributed by atoms with E-state index in [0.717, 1.165) is 22.7 Å². The Kier molecular flexibility index (Phi) is 4.39. The lowest BCUT2D eigenvalue weighted by molar-refractivity contribution is -0.126. The summed E-state index contributed by atoms with van der Waals surface area (Å²) in [5.74, 6) is 0.720. The van der Waals surface area contributed by atoms with Crippen molar-refractivity contribution in [2.45, 2.75) is 19.6 Å². The van der Waals surface area contributed by atoms with Gasteiger partial charge in [0.1, 0.15) is 12.4 Å². The lowest BCUT2D eigenvalue weighted by Crippen LogP contribution is -2.37. The molecule has 3 rings (SSSR count). The number of rotatable bonds is 5. The molecule has 1 atom stereocenters. The molecule has 2 aromatic rings. The van der Waals surface area contributed by atoms with Crippen molar-refractivity contribution in [3.63, 3.8) is 0 Å². The number of H-pyrrole nitrogens is 1. The molecule has 22 heavy (non-hydrogen) atoms. The molecule has 1 aromatic heterocycles. The summed E-state index contributed by atoms with van der Waals surface area (Å²) in [5.41, 5.74) is 2.76. The summed E-state index contributed by atoms with van der Waals surface area (Å²) >= 11 is 0. The number of hydrogen-bond donors (Lipinski definition) is 2. The van der Waals surface area contributed by atoms with Gasteiger partial charge in [-0.25, -0.2) is 0 Å². The maximum absolute atomic E-state index is 12.3. The lowest BCUT2D eigenvalue weighted by atomic mass is 9.96. The zero-order valence-corrected chi connectivity index (χ0v) is 12.5. The van der Waals surface area contributed by atoms with E-state index >= 15 is 0 Å². The van der Waals surface area contributed by atoms with E-state index in [-0.39, 0.29) is 11.8 Å². The Labute approximate surface area is 128 Å². The number of para-hydroxylation sites is 1. The van der Waals surface area contributed by atoms with Crippen LogP contribution in [0.4, 0.5) is 0 Å². The Morgan fingerprint density at radius 2 is 2.36 bits per heavy atom. The van der Waals surface area contributed by atoms with E-state index in [2.05, 4.69) is 15.5 Å². The summed E-state index contributed by atoms with van der Waals surface area (Å²) in [6.45, 7) is 1.30. The summed E-state index contributed by atoms with van der Waals surface area (Å²) in [7, 11) is 1.62. The third-order valence-corrected chi connectivity index (χ3v) is 3.68. The highest BCUT2D eigenvalue weighted by molar-refractivity contribution is 5.79. The molecule has 0 bridgehead atoms. The molecular formula is C16H19N3O3. The molecule has 0 spiro atoms. The highest BCUT2D eigenvalue weighted by atomic mass is 16.5. The van der Waals surface area contributed by atoms with Crippen molar-refractivity contribution in [3.8, 4) is 5.75 Å². The van der Waals surface area contributed by atoms with Crippen LogP contribution in [-0.2, 0) is 29.1 Å². The second-order valence-electron chi connectivity index (χ2n) is 5.36. The number of carbonyl (C=O) groups is 1. The lowest BCUT2D eigenvalue weighted by Gasteiger charge is -2.24. The van der Waals surface area contributed by atoms with E-state index in [4.69, 9.17) is 9.47 Å². The molecule has 116 valence electrons. The Balaban J connectivity index is 1.54. The SMILES string of the molecule is COCc1cc(CNC(=O)[C@H]2COc3ccccc3C2)[nH]n1. The van der Waals surface area contributed by atoms with Crippen molar-refractivity contribution in [1.29, 1.82) is 0 Å². The maximum Gasteiger partial charge on any atom is 0.227 e. The van der Waals surface area contributed by atoms with E-state index in [1.165, 1.54) is 0 Å². The van der Waals surface area contributed by atoms with Gasteiger partial charge in [0.25, 0.3) is 0 Å². The van der Waals surface area contributed by atoms with Crippen molar-refractivity contribution in [3.05, 3.63) is 47.3 Å². The number of hydrogen-bond acceptors (Lipinski definition) is 4. The van der Waals surface area contributed by atoms with Crippen LogP contribution in [0.15, 0.2) is 30.3 Å². The van der Waals surface area contributed by atoms with Crippen molar-refractivity contribution in [2.75, 3.05) is 13.7 Å². The van der Waals surface area contributed by atoms with Gasteiger partial charge in [0, 0.05) is 7.11 Å². The molecule has 6 heteroatoms. The molecule has 6 nitrogen and oxygen atoms in total. The average molecular weight is 301 g/mol. The first kappa shape index (κ1) is 14.6. The number of carbonyl (C=O) groups excluding carboxylic acids is 1. The average Bonchev–Trinajstić information content (AvgIpc) is 3.00. The number of nitrogens with zero attached hydrogens (tertiary/aromatic N) is 1. The Bertz CT molecular complexity index is 654. The molecular weight excluding hydrogens is 282 g/mol. The molecule has 0 unspecified atom stereocenters. The van der Waals surface area contributed by atoms with Crippen LogP contribution in [0.3, 0.4) is 0 Å². The van der Waals surface area contributed by atoms with Gasteiger partial charge in [-0.05, 0) is 24.1 Å². The Morgan fingerprint density at radius 3 is 3.23 bits per heavy atom. The largest absolute Gasteiger partial charge is 0.492 e. The molecule has 0 saturated carbocycles. The Hall–Kier alpha value is -2.34. The minimum absolute atomic E-state index is 0.00241. The van der Waals surface area contributed by atoms with E-state index in [0.29, 0.717) is 26.2 Å². The quantitative estimate of drug-likeness (QED) is 0.876. The molecule has 0 aliphatic carbocycles. The normalized spacial score (nSPS) is 16.7. The number of fused-ring (bicyclic) bond motifs is 1. The smallest absolute Gasteiger partial charge is 0.227 e. The molecule has 1 aliphatic rings. The van der Waals surface area contributed by atoms with Crippen molar-refractivity contribution >= 4 is 5.91 Å². The fourth-order valence-electron chi connectivity index (χ4n) is 2.54. The molecule has 0 radical (unpaired) electrons. The van der Waals surface area contributed by atoms with Gasteiger partial charge in [-0.1, -0.05) is 18.2 Å². The fraction of sp³-hybridized carbons (Fsp3) is 0.375. The first-order valence-corrected chi connectivity index (χ1v) is 7.27. The standard InChI is InChI=1S/C16H19N3O3/c1-21-10-14-7-13(18-19-14)8-17-16(20)12-6-11-4-2-3-5-15(11)22-9-12/h2-5,7,12H,6,8-10H2,1H3,(H,17,20)(H,18,19)/t12-/m1/s1. The second kappa shape index (κ2) is 6.62.